The van der Waals surface area contributed by atoms with Crippen molar-refractivity contribution in [3.8, 4) is 5.75 Å². The van der Waals surface area contributed by atoms with E-state index < -0.39 is 0 Å². The van der Waals surface area contributed by atoms with Crippen LogP contribution in [0.15, 0.2) is 48.0 Å². The van der Waals surface area contributed by atoms with Gasteiger partial charge in [-0.2, -0.15) is 0 Å². The molecular weight excluding hydrogens is 310 g/mol. The third-order valence-electron chi connectivity index (χ3n) is 4.99. The molecule has 0 saturated carbocycles. The second kappa shape index (κ2) is 6.75. The molecule has 1 aliphatic heterocycles. The lowest BCUT2D eigenvalue weighted by Gasteiger charge is -2.37. The standard InChI is InChI=1S/C22H25NO2/c1-14-12-16(3)21(19(24)13-14)22-15(2)10-11-20(25)23(22)17(4)18-8-6-5-7-9-18/h5-9,12-13,17,24H,10-11H2,1-4H3/t17-/m0/s1. The van der Waals surface area contributed by atoms with Gasteiger partial charge in [0.2, 0.25) is 5.91 Å². The van der Waals surface area contributed by atoms with Gasteiger partial charge >= 0.3 is 0 Å². The maximum absolute atomic E-state index is 12.8. The summed E-state index contributed by atoms with van der Waals surface area (Å²) in [5.74, 6) is 0.350. The largest absolute Gasteiger partial charge is 0.507 e. The molecule has 3 heteroatoms. The molecular formula is C22H25NO2. The van der Waals surface area contributed by atoms with E-state index in [1.165, 1.54) is 0 Å². The van der Waals surface area contributed by atoms with E-state index in [0.29, 0.717) is 6.42 Å². The minimum absolute atomic E-state index is 0.0842. The SMILES string of the molecule is CC1=C(c2c(C)cc(C)cc2O)N([C@@H](C)c2ccccc2)C(=O)CC1. The Morgan fingerprint density at radius 3 is 2.36 bits per heavy atom. The van der Waals surface area contributed by atoms with E-state index in [4.69, 9.17) is 0 Å². The van der Waals surface area contributed by atoms with E-state index in [0.717, 1.165) is 39.9 Å². The summed E-state index contributed by atoms with van der Waals surface area (Å²) in [7, 11) is 0. The highest BCUT2D eigenvalue weighted by molar-refractivity contribution is 5.92. The van der Waals surface area contributed by atoms with Crippen molar-refractivity contribution in [1.82, 2.24) is 4.90 Å². The van der Waals surface area contributed by atoms with Gasteiger partial charge in [0.25, 0.3) is 0 Å². The Kier molecular flexibility index (Phi) is 4.67. The number of aromatic hydroxyl groups is 1. The highest BCUT2D eigenvalue weighted by Gasteiger charge is 2.32. The lowest BCUT2D eigenvalue weighted by Crippen LogP contribution is -2.35. The minimum atomic E-state index is -0.0842. The van der Waals surface area contributed by atoms with E-state index in [1.807, 2.05) is 56.0 Å². The second-order valence-electron chi connectivity index (χ2n) is 6.96. The molecule has 0 radical (unpaired) electrons. The maximum Gasteiger partial charge on any atom is 0.227 e. The number of rotatable bonds is 3. The lowest BCUT2D eigenvalue weighted by molar-refractivity contribution is -0.130. The average molecular weight is 335 g/mol. The molecule has 3 nitrogen and oxygen atoms in total. The van der Waals surface area contributed by atoms with Gasteiger partial charge in [-0.15, -0.1) is 0 Å². The van der Waals surface area contributed by atoms with Crippen molar-refractivity contribution in [2.75, 3.05) is 0 Å². The van der Waals surface area contributed by atoms with E-state index in [1.54, 1.807) is 6.07 Å². The summed E-state index contributed by atoms with van der Waals surface area (Å²) >= 11 is 0. The Morgan fingerprint density at radius 1 is 1.04 bits per heavy atom. The molecule has 0 aliphatic carbocycles. The topological polar surface area (TPSA) is 40.5 Å². The normalized spacial score (nSPS) is 16.3. The molecule has 1 atom stereocenters. The summed E-state index contributed by atoms with van der Waals surface area (Å²) in [5.41, 5.74) is 5.88. The smallest absolute Gasteiger partial charge is 0.227 e. The van der Waals surface area contributed by atoms with Gasteiger partial charge in [-0.3, -0.25) is 4.79 Å². The van der Waals surface area contributed by atoms with Crippen LogP contribution in [0, 0.1) is 13.8 Å². The number of carbonyl (C=O) groups excluding carboxylic acids is 1. The summed E-state index contributed by atoms with van der Waals surface area (Å²) in [6, 6.07) is 13.8. The van der Waals surface area contributed by atoms with Crippen LogP contribution in [0.5, 0.6) is 5.75 Å². The van der Waals surface area contributed by atoms with Crippen molar-refractivity contribution >= 4 is 11.6 Å². The van der Waals surface area contributed by atoms with Crippen LogP contribution < -0.4 is 0 Å². The molecule has 0 bridgehead atoms. The molecule has 1 heterocycles. The van der Waals surface area contributed by atoms with Gasteiger partial charge in [0.15, 0.2) is 0 Å². The van der Waals surface area contributed by atoms with Crippen LogP contribution >= 0.6 is 0 Å². The second-order valence-corrected chi connectivity index (χ2v) is 6.96. The van der Waals surface area contributed by atoms with Crippen LogP contribution in [-0.4, -0.2) is 15.9 Å². The fourth-order valence-corrected chi connectivity index (χ4v) is 3.74. The summed E-state index contributed by atoms with van der Waals surface area (Å²) < 4.78 is 0. The van der Waals surface area contributed by atoms with Crippen LogP contribution in [0.2, 0.25) is 0 Å². The molecule has 1 amide bonds. The van der Waals surface area contributed by atoms with Crippen molar-refractivity contribution in [1.29, 1.82) is 0 Å². The number of hydrogen-bond donors (Lipinski definition) is 1. The number of carbonyl (C=O) groups is 1. The van der Waals surface area contributed by atoms with Gasteiger partial charge in [-0.25, -0.2) is 0 Å². The molecule has 1 N–H and O–H groups in total. The number of allylic oxidation sites excluding steroid dienone is 1. The zero-order valence-electron chi connectivity index (χ0n) is 15.3. The van der Waals surface area contributed by atoms with Crippen molar-refractivity contribution in [2.45, 2.75) is 46.6 Å². The fourth-order valence-electron chi connectivity index (χ4n) is 3.74. The quantitative estimate of drug-likeness (QED) is 0.845. The molecule has 0 spiro atoms. The van der Waals surface area contributed by atoms with Crippen LogP contribution in [-0.2, 0) is 4.79 Å². The van der Waals surface area contributed by atoms with Gasteiger partial charge in [0.1, 0.15) is 5.75 Å². The summed E-state index contributed by atoms with van der Waals surface area (Å²) in [5, 5.41) is 10.6. The number of amides is 1. The van der Waals surface area contributed by atoms with Gasteiger partial charge in [0, 0.05) is 12.0 Å². The highest BCUT2D eigenvalue weighted by atomic mass is 16.3. The first kappa shape index (κ1) is 17.3. The number of phenols is 1. The van der Waals surface area contributed by atoms with E-state index in [-0.39, 0.29) is 17.7 Å². The first-order chi connectivity index (χ1) is 11.9. The van der Waals surface area contributed by atoms with Crippen LogP contribution in [0.4, 0.5) is 0 Å². The van der Waals surface area contributed by atoms with Crippen LogP contribution in [0.3, 0.4) is 0 Å². The summed E-state index contributed by atoms with van der Waals surface area (Å²) in [4.78, 5) is 14.7. The Bertz CT molecular complexity index is 813. The maximum atomic E-state index is 12.8. The fraction of sp³-hybridized carbons (Fsp3) is 0.318. The Morgan fingerprint density at radius 2 is 1.72 bits per heavy atom. The molecule has 0 saturated heterocycles. The summed E-state index contributed by atoms with van der Waals surface area (Å²) in [6.45, 7) is 8.07. The zero-order valence-corrected chi connectivity index (χ0v) is 15.3. The first-order valence-electron chi connectivity index (χ1n) is 8.77. The number of nitrogens with zero attached hydrogens (tertiary/aromatic N) is 1. The third-order valence-corrected chi connectivity index (χ3v) is 4.99. The van der Waals surface area contributed by atoms with Crippen LogP contribution in [0.1, 0.15) is 55.0 Å². The van der Waals surface area contributed by atoms with Crippen molar-refractivity contribution in [3.63, 3.8) is 0 Å². The number of benzene rings is 2. The Hall–Kier alpha value is -2.55. The molecule has 0 unspecified atom stereocenters. The van der Waals surface area contributed by atoms with Gasteiger partial charge in [-0.05, 0) is 62.4 Å². The predicted molar refractivity (Wildman–Crippen MR) is 101 cm³/mol. The van der Waals surface area contributed by atoms with Crippen molar-refractivity contribution < 1.29 is 9.90 Å². The van der Waals surface area contributed by atoms with Gasteiger partial charge in [0.05, 0.1) is 11.7 Å². The number of phenolic OH excluding ortho intramolecular Hbond substituents is 1. The summed E-state index contributed by atoms with van der Waals surface area (Å²) in [6.07, 6.45) is 1.25. The van der Waals surface area contributed by atoms with E-state index in [2.05, 4.69) is 13.0 Å². The Balaban J connectivity index is 2.16. The molecule has 25 heavy (non-hydrogen) atoms. The van der Waals surface area contributed by atoms with E-state index in [9.17, 15) is 9.90 Å². The molecule has 2 aromatic rings. The van der Waals surface area contributed by atoms with Gasteiger partial charge < -0.3 is 10.0 Å². The minimum Gasteiger partial charge on any atom is -0.507 e. The number of hydrogen-bond acceptors (Lipinski definition) is 2. The van der Waals surface area contributed by atoms with Gasteiger partial charge in [-0.1, -0.05) is 36.4 Å². The van der Waals surface area contributed by atoms with Crippen LogP contribution in [0.25, 0.3) is 5.70 Å². The van der Waals surface area contributed by atoms with E-state index >= 15 is 0 Å². The first-order valence-corrected chi connectivity index (χ1v) is 8.77. The third kappa shape index (κ3) is 3.19. The monoisotopic (exact) mass is 335 g/mol. The van der Waals surface area contributed by atoms with Crippen molar-refractivity contribution in [2.24, 2.45) is 0 Å². The molecule has 1 aliphatic rings. The number of aryl methyl sites for hydroxylation is 2. The Labute approximate surface area is 149 Å². The molecule has 3 rings (SSSR count). The lowest BCUT2D eigenvalue weighted by atomic mass is 9.91. The molecule has 2 aromatic carbocycles. The zero-order chi connectivity index (χ0) is 18.1. The van der Waals surface area contributed by atoms with Crippen molar-refractivity contribution in [3.05, 3.63) is 70.3 Å². The highest BCUT2D eigenvalue weighted by Crippen LogP contribution is 2.41. The predicted octanol–water partition coefficient (Wildman–Crippen LogP) is 5.12. The molecule has 0 fully saturated rings. The molecule has 130 valence electrons. The average Bonchev–Trinajstić information content (AvgIpc) is 2.57. The molecule has 0 aromatic heterocycles.